The average Bonchev–Trinajstić information content (AvgIpc) is 3.22. The van der Waals surface area contributed by atoms with E-state index in [0.717, 1.165) is 22.5 Å². The lowest BCUT2D eigenvalue weighted by Crippen LogP contribution is -2.15. The Morgan fingerprint density at radius 2 is 1.72 bits per heavy atom. The number of nitrogens with two attached hydrogens (primary N) is 1. The zero-order valence-corrected chi connectivity index (χ0v) is 18.2. The summed E-state index contributed by atoms with van der Waals surface area (Å²) in [5, 5.41) is 18.8. The van der Waals surface area contributed by atoms with Crippen LogP contribution in [0.5, 0.6) is 0 Å². The summed E-state index contributed by atoms with van der Waals surface area (Å²) in [6.07, 6.45) is 1.80. The lowest BCUT2D eigenvalue weighted by molar-refractivity contribution is 0.0786. The fourth-order valence-corrected chi connectivity index (χ4v) is 3.31. The highest BCUT2D eigenvalue weighted by atomic mass is 16.5. The Morgan fingerprint density at radius 3 is 2.50 bits per heavy atom. The van der Waals surface area contributed by atoms with Gasteiger partial charge in [-0.25, -0.2) is 14.6 Å². The van der Waals surface area contributed by atoms with Crippen LogP contribution in [-0.2, 0) is 23.5 Å². The predicted molar refractivity (Wildman–Crippen MR) is 120 cm³/mol. The number of nitrogen functional groups attached to an aromatic ring is 1. The fourth-order valence-electron chi connectivity index (χ4n) is 3.31. The summed E-state index contributed by atoms with van der Waals surface area (Å²) in [6.45, 7) is 4.40. The number of aliphatic hydroxyl groups is 1. The number of rotatable bonds is 7. The number of pyridine rings is 1. The third-order valence-electron chi connectivity index (χ3n) is 4.89. The molecular weight excluding hydrogens is 406 g/mol. The molecule has 1 aromatic carbocycles. The van der Waals surface area contributed by atoms with Gasteiger partial charge in [-0.3, -0.25) is 4.98 Å². The molecule has 9 heteroatoms. The molecule has 3 heterocycles. The molecule has 0 aliphatic rings. The average molecular weight is 432 g/mol. The predicted octanol–water partition coefficient (Wildman–Crippen LogP) is 2.80. The fraction of sp³-hybridized carbons (Fsp3) is 0.261. The van der Waals surface area contributed by atoms with E-state index in [-0.39, 0.29) is 5.95 Å². The SMILES string of the molecule is COCc1cccc(Cn2cc(-c3cc(-c4cccc(C(C)(C)O)c4)nc(N)n3)nn2)n1. The van der Waals surface area contributed by atoms with Gasteiger partial charge in [-0.1, -0.05) is 29.5 Å². The highest BCUT2D eigenvalue weighted by Crippen LogP contribution is 2.27. The van der Waals surface area contributed by atoms with Crippen molar-refractivity contribution in [3.63, 3.8) is 0 Å². The number of hydrogen-bond acceptors (Lipinski definition) is 8. The number of hydrogen-bond donors (Lipinski definition) is 2. The lowest BCUT2D eigenvalue weighted by atomic mass is 9.95. The van der Waals surface area contributed by atoms with Crippen molar-refractivity contribution >= 4 is 5.95 Å². The van der Waals surface area contributed by atoms with Gasteiger partial charge in [-0.15, -0.1) is 5.10 Å². The van der Waals surface area contributed by atoms with Gasteiger partial charge >= 0.3 is 0 Å². The van der Waals surface area contributed by atoms with Gasteiger partial charge < -0.3 is 15.6 Å². The molecule has 0 fully saturated rings. The van der Waals surface area contributed by atoms with Gasteiger partial charge in [-0.05, 0) is 43.7 Å². The van der Waals surface area contributed by atoms with E-state index < -0.39 is 5.60 Å². The first-order valence-electron chi connectivity index (χ1n) is 10.1. The van der Waals surface area contributed by atoms with E-state index in [1.54, 1.807) is 31.8 Å². The van der Waals surface area contributed by atoms with Crippen LogP contribution in [0.3, 0.4) is 0 Å². The Balaban J connectivity index is 1.61. The third kappa shape index (κ3) is 4.96. The minimum Gasteiger partial charge on any atom is -0.386 e. The van der Waals surface area contributed by atoms with Crippen LogP contribution in [0.15, 0.2) is 54.7 Å². The van der Waals surface area contributed by atoms with Crippen molar-refractivity contribution in [1.29, 1.82) is 0 Å². The van der Waals surface area contributed by atoms with Crippen molar-refractivity contribution in [2.75, 3.05) is 12.8 Å². The first-order valence-corrected chi connectivity index (χ1v) is 10.1. The van der Waals surface area contributed by atoms with Gasteiger partial charge in [0.05, 0.1) is 47.7 Å². The van der Waals surface area contributed by atoms with Gasteiger partial charge in [0.2, 0.25) is 5.95 Å². The first kappa shape index (κ1) is 21.5. The Morgan fingerprint density at radius 1 is 0.969 bits per heavy atom. The highest BCUT2D eigenvalue weighted by Gasteiger charge is 2.17. The van der Waals surface area contributed by atoms with E-state index in [0.29, 0.717) is 30.2 Å². The zero-order valence-electron chi connectivity index (χ0n) is 18.2. The van der Waals surface area contributed by atoms with Crippen molar-refractivity contribution in [2.45, 2.75) is 32.6 Å². The molecule has 0 aliphatic carbocycles. The molecule has 0 amide bonds. The van der Waals surface area contributed by atoms with Crippen molar-refractivity contribution in [3.05, 3.63) is 71.7 Å². The zero-order chi connectivity index (χ0) is 22.7. The molecule has 0 bridgehead atoms. The maximum Gasteiger partial charge on any atom is 0.221 e. The van der Waals surface area contributed by atoms with Crippen molar-refractivity contribution in [3.8, 4) is 22.6 Å². The smallest absolute Gasteiger partial charge is 0.221 e. The van der Waals surface area contributed by atoms with Gasteiger partial charge in [0.15, 0.2) is 0 Å². The Labute approximate surface area is 185 Å². The number of ether oxygens (including phenoxy) is 1. The number of nitrogens with zero attached hydrogens (tertiary/aromatic N) is 6. The van der Waals surface area contributed by atoms with Gasteiger partial charge in [0, 0.05) is 12.7 Å². The van der Waals surface area contributed by atoms with Gasteiger partial charge in [-0.2, -0.15) is 0 Å². The summed E-state index contributed by atoms with van der Waals surface area (Å²) in [6, 6.07) is 15.1. The maximum atomic E-state index is 10.3. The molecule has 3 aromatic heterocycles. The van der Waals surface area contributed by atoms with Crippen LogP contribution in [0.2, 0.25) is 0 Å². The Bertz CT molecular complexity index is 1230. The van der Waals surface area contributed by atoms with E-state index >= 15 is 0 Å². The molecule has 0 spiro atoms. The van der Waals surface area contributed by atoms with Crippen LogP contribution in [0.1, 0.15) is 30.8 Å². The van der Waals surface area contributed by atoms with Crippen LogP contribution in [0.25, 0.3) is 22.6 Å². The number of methoxy groups -OCH3 is 1. The van der Waals surface area contributed by atoms with E-state index in [4.69, 9.17) is 10.5 Å². The van der Waals surface area contributed by atoms with E-state index in [2.05, 4.69) is 25.3 Å². The molecule has 9 nitrogen and oxygen atoms in total. The summed E-state index contributed by atoms with van der Waals surface area (Å²) in [7, 11) is 1.64. The molecule has 0 radical (unpaired) electrons. The quantitative estimate of drug-likeness (QED) is 0.458. The second-order valence-electron chi connectivity index (χ2n) is 7.99. The minimum absolute atomic E-state index is 0.134. The number of benzene rings is 1. The van der Waals surface area contributed by atoms with E-state index in [1.165, 1.54) is 0 Å². The normalized spacial score (nSPS) is 11.6. The van der Waals surface area contributed by atoms with Crippen LogP contribution < -0.4 is 5.73 Å². The molecule has 0 saturated carbocycles. The lowest BCUT2D eigenvalue weighted by Gasteiger charge is -2.18. The highest BCUT2D eigenvalue weighted by molar-refractivity contribution is 5.67. The van der Waals surface area contributed by atoms with Gasteiger partial charge in [0.1, 0.15) is 5.69 Å². The van der Waals surface area contributed by atoms with Crippen LogP contribution in [0.4, 0.5) is 5.95 Å². The third-order valence-corrected chi connectivity index (χ3v) is 4.89. The van der Waals surface area contributed by atoms with Crippen LogP contribution in [-0.4, -0.2) is 42.2 Å². The number of aromatic nitrogens is 6. The van der Waals surface area contributed by atoms with Crippen LogP contribution >= 0.6 is 0 Å². The molecular formula is C23H25N7O2. The minimum atomic E-state index is -0.964. The molecule has 3 N–H and O–H groups in total. The second-order valence-corrected chi connectivity index (χ2v) is 7.99. The molecule has 0 atom stereocenters. The Kier molecular flexibility index (Phi) is 5.93. The van der Waals surface area contributed by atoms with Crippen molar-refractivity contribution < 1.29 is 9.84 Å². The molecule has 4 rings (SSSR count). The van der Waals surface area contributed by atoms with E-state index in [9.17, 15) is 5.11 Å². The summed E-state index contributed by atoms with van der Waals surface area (Å²) in [5.41, 5.74) is 10.1. The van der Waals surface area contributed by atoms with E-state index in [1.807, 2.05) is 48.5 Å². The molecule has 0 unspecified atom stereocenters. The Hall–Kier alpha value is -3.69. The maximum absolute atomic E-state index is 10.3. The largest absolute Gasteiger partial charge is 0.386 e. The molecule has 32 heavy (non-hydrogen) atoms. The monoisotopic (exact) mass is 431 g/mol. The second kappa shape index (κ2) is 8.81. The standard InChI is InChI=1S/C23H25N7O2/c1-23(2,31)16-7-4-6-15(10-16)19-11-20(27-22(24)26-19)21-13-30(29-28-21)12-17-8-5-9-18(25-17)14-32-3/h4-11,13,31H,12,14H2,1-3H3,(H2,24,26,27). The summed E-state index contributed by atoms with van der Waals surface area (Å²) in [5.74, 6) is 0.134. The molecule has 164 valence electrons. The van der Waals surface area contributed by atoms with Crippen molar-refractivity contribution in [2.24, 2.45) is 0 Å². The van der Waals surface area contributed by atoms with Crippen molar-refractivity contribution in [1.82, 2.24) is 29.9 Å². The summed E-state index contributed by atoms with van der Waals surface area (Å²) in [4.78, 5) is 13.2. The topological polar surface area (TPSA) is 125 Å². The van der Waals surface area contributed by atoms with Crippen LogP contribution in [0, 0.1) is 0 Å². The molecule has 4 aromatic rings. The number of anilines is 1. The molecule has 0 saturated heterocycles. The summed E-state index contributed by atoms with van der Waals surface area (Å²) < 4.78 is 6.84. The summed E-state index contributed by atoms with van der Waals surface area (Å²) >= 11 is 0. The first-order chi connectivity index (χ1) is 15.3. The molecule has 0 aliphatic heterocycles. The van der Waals surface area contributed by atoms with Gasteiger partial charge in [0.25, 0.3) is 0 Å².